The Bertz CT molecular complexity index is 569. The molecule has 100 valence electrons. The van der Waals surface area contributed by atoms with Crippen LogP contribution in [0, 0.1) is 6.92 Å². The molecule has 2 aromatic rings. The molecule has 1 aromatic carbocycles. The highest BCUT2D eigenvalue weighted by Crippen LogP contribution is 2.33. The van der Waals surface area contributed by atoms with Crippen LogP contribution in [0.25, 0.3) is 0 Å². The van der Waals surface area contributed by atoms with Crippen LogP contribution in [0.15, 0.2) is 33.3 Å². The van der Waals surface area contributed by atoms with Crippen molar-refractivity contribution in [1.82, 2.24) is 15.0 Å². The van der Waals surface area contributed by atoms with E-state index in [4.69, 9.17) is 4.52 Å². The molecule has 2 heterocycles. The second-order valence-corrected chi connectivity index (χ2v) is 5.83. The molecule has 1 fully saturated rings. The van der Waals surface area contributed by atoms with Gasteiger partial charge in [0.1, 0.15) is 0 Å². The van der Waals surface area contributed by atoms with Crippen molar-refractivity contribution in [2.45, 2.75) is 32.4 Å². The Morgan fingerprint density at radius 3 is 3.11 bits per heavy atom. The number of aryl methyl sites for hydroxylation is 1. The first-order chi connectivity index (χ1) is 9.22. The fourth-order valence-corrected chi connectivity index (χ4v) is 3.10. The zero-order chi connectivity index (χ0) is 13.2. The third kappa shape index (κ3) is 2.87. The molecule has 3 rings (SSSR count). The second-order valence-electron chi connectivity index (χ2n) is 4.92. The molecule has 1 aromatic heterocycles. The Labute approximate surface area is 120 Å². The van der Waals surface area contributed by atoms with Crippen LogP contribution in [0.3, 0.4) is 0 Å². The van der Waals surface area contributed by atoms with E-state index >= 15 is 0 Å². The summed E-state index contributed by atoms with van der Waals surface area (Å²) in [5.74, 6) is 1.41. The lowest BCUT2D eigenvalue weighted by molar-refractivity contribution is 0.212. The molecular formula is C14H16BrN3O. The van der Waals surface area contributed by atoms with E-state index in [1.807, 2.05) is 6.92 Å². The molecule has 1 saturated heterocycles. The Hall–Kier alpha value is -1.20. The molecule has 0 radical (unpaired) electrons. The fourth-order valence-electron chi connectivity index (χ4n) is 2.68. The summed E-state index contributed by atoms with van der Waals surface area (Å²) in [6.07, 6.45) is 2.40. The van der Waals surface area contributed by atoms with Crippen molar-refractivity contribution in [3.05, 3.63) is 46.0 Å². The molecule has 0 saturated carbocycles. The first kappa shape index (κ1) is 12.8. The van der Waals surface area contributed by atoms with Gasteiger partial charge in [0.25, 0.3) is 0 Å². The zero-order valence-electron chi connectivity index (χ0n) is 10.8. The van der Waals surface area contributed by atoms with Gasteiger partial charge in [-0.2, -0.15) is 4.98 Å². The first-order valence-electron chi connectivity index (χ1n) is 6.51. The van der Waals surface area contributed by atoms with Crippen LogP contribution < -0.4 is 0 Å². The summed E-state index contributed by atoms with van der Waals surface area (Å²) in [4.78, 5) is 6.70. The normalized spacial score (nSPS) is 20.0. The third-order valence-corrected chi connectivity index (χ3v) is 4.00. The molecule has 1 aliphatic rings. The first-order valence-corrected chi connectivity index (χ1v) is 7.30. The zero-order valence-corrected chi connectivity index (χ0v) is 12.4. The lowest BCUT2D eigenvalue weighted by atomic mass is 10.0. The molecule has 1 unspecified atom stereocenters. The van der Waals surface area contributed by atoms with E-state index in [0.717, 1.165) is 17.6 Å². The van der Waals surface area contributed by atoms with Crippen molar-refractivity contribution in [2.24, 2.45) is 0 Å². The molecule has 19 heavy (non-hydrogen) atoms. The number of hydrogen-bond donors (Lipinski definition) is 0. The van der Waals surface area contributed by atoms with Gasteiger partial charge in [0.2, 0.25) is 5.89 Å². The van der Waals surface area contributed by atoms with E-state index in [1.54, 1.807) is 0 Å². The summed E-state index contributed by atoms with van der Waals surface area (Å²) in [6.45, 7) is 3.67. The predicted molar refractivity (Wildman–Crippen MR) is 75.6 cm³/mol. The maximum Gasteiger partial charge on any atom is 0.240 e. The quantitative estimate of drug-likeness (QED) is 0.868. The highest BCUT2D eigenvalue weighted by Gasteiger charge is 2.27. The predicted octanol–water partition coefficient (Wildman–Crippen LogP) is 3.48. The van der Waals surface area contributed by atoms with Crippen LogP contribution in [0.4, 0.5) is 0 Å². The van der Waals surface area contributed by atoms with Crippen molar-refractivity contribution in [3.63, 3.8) is 0 Å². The highest BCUT2D eigenvalue weighted by atomic mass is 79.9. The lowest BCUT2D eigenvalue weighted by Gasteiger charge is -2.23. The molecule has 5 heteroatoms. The second kappa shape index (κ2) is 5.43. The Morgan fingerprint density at radius 1 is 1.47 bits per heavy atom. The number of halogens is 1. The van der Waals surface area contributed by atoms with Crippen LogP contribution in [0.5, 0.6) is 0 Å². The van der Waals surface area contributed by atoms with Crippen LogP contribution >= 0.6 is 15.9 Å². The van der Waals surface area contributed by atoms with Gasteiger partial charge in [-0.15, -0.1) is 0 Å². The molecular weight excluding hydrogens is 306 g/mol. The van der Waals surface area contributed by atoms with Gasteiger partial charge < -0.3 is 4.52 Å². The largest absolute Gasteiger partial charge is 0.338 e. The van der Waals surface area contributed by atoms with Gasteiger partial charge in [-0.1, -0.05) is 33.2 Å². The van der Waals surface area contributed by atoms with E-state index in [-0.39, 0.29) is 0 Å². The summed E-state index contributed by atoms with van der Waals surface area (Å²) < 4.78 is 6.35. The molecule has 0 N–H and O–H groups in total. The van der Waals surface area contributed by atoms with Crippen molar-refractivity contribution in [1.29, 1.82) is 0 Å². The van der Waals surface area contributed by atoms with Gasteiger partial charge in [-0.25, -0.2) is 0 Å². The standard InChI is InChI=1S/C14H16BrN3O/c1-10-16-14(19-17-10)9-18-7-3-6-13(18)11-4-2-5-12(15)8-11/h2,4-5,8,13H,3,6-7,9H2,1H3. The summed E-state index contributed by atoms with van der Waals surface area (Å²) in [5.41, 5.74) is 1.35. The summed E-state index contributed by atoms with van der Waals surface area (Å²) >= 11 is 3.54. The van der Waals surface area contributed by atoms with Gasteiger partial charge in [-0.05, 0) is 44.0 Å². The molecule has 0 bridgehead atoms. The number of aromatic nitrogens is 2. The molecule has 0 spiro atoms. The summed E-state index contributed by atoms with van der Waals surface area (Å²) in [7, 11) is 0. The van der Waals surface area contributed by atoms with Crippen molar-refractivity contribution < 1.29 is 4.52 Å². The maximum absolute atomic E-state index is 5.22. The van der Waals surface area contributed by atoms with Gasteiger partial charge >= 0.3 is 0 Å². The topological polar surface area (TPSA) is 42.2 Å². The lowest BCUT2D eigenvalue weighted by Crippen LogP contribution is -2.22. The van der Waals surface area contributed by atoms with E-state index in [0.29, 0.717) is 17.8 Å². The number of benzene rings is 1. The van der Waals surface area contributed by atoms with Crippen molar-refractivity contribution >= 4 is 15.9 Å². The van der Waals surface area contributed by atoms with Gasteiger partial charge in [0, 0.05) is 10.5 Å². The minimum atomic E-state index is 0.449. The highest BCUT2D eigenvalue weighted by molar-refractivity contribution is 9.10. The summed E-state index contributed by atoms with van der Waals surface area (Å²) in [5, 5.41) is 3.85. The minimum Gasteiger partial charge on any atom is -0.338 e. The van der Waals surface area contributed by atoms with Crippen molar-refractivity contribution in [3.8, 4) is 0 Å². The van der Waals surface area contributed by atoms with Gasteiger partial charge in [0.05, 0.1) is 6.54 Å². The van der Waals surface area contributed by atoms with E-state index in [1.165, 1.54) is 18.4 Å². The summed E-state index contributed by atoms with van der Waals surface area (Å²) in [6, 6.07) is 8.98. The van der Waals surface area contributed by atoms with Crippen LogP contribution in [0.2, 0.25) is 0 Å². The monoisotopic (exact) mass is 321 g/mol. The molecule has 0 aliphatic carbocycles. The molecule has 0 amide bonds. The number of likely N-dealkylation sites (tertiary alicyclic amines) is 1. The van der Waals surface area contributed by atoms with Crippen LogP contribution in [0.1, 0.15) is 36.2 Å². The van der Waals surface area contributed by atoms with Crippen LogP contribution in [-0.4, -0.2) is 21.6 Å². The van der Waals surface area contributed by atoms with Gasteiger partial charge in [-0.3, -0.25) is 4.90 Å². The number of nitrogens with zero attached hydrogens (tertiary/aromatic N) is 3. The number of rotatable bonds is 3. The molecule has 1 aliphatic heterocycles. The smallest absolute Gasteiger partial charge is 0.240 e. The SMILES string of the molecule is Cc1noc(CN2CCCC2c2cccc(Br)c2)n1. The Morgan fingerprint density at radius 2 is 2.37 bits per heavy atom. The van der Waals surface area contributed by atoms with E-state index < -0.39 is 0 Å². The van der Waals surface area contributed by atoms with E-state index in [2.05, 4.69) is 55.2 Å². The Kier molecular flexibility index (Phi) is 3.66. The van der Waals surface area contributed by atoms with Crippen LogP contribution in [-0.2, 0) is 6.54 Å². The molecule has 1 atom stereocenters. The third-order valence-electron chi connectivity index (χ3n) is 3.51. The van der Waals surface area contributed by atoms with Gasteiger partial charge in [0.15, 0.2) is 5.82 Å². The van der Waals surface area contributed by atoms with E-state index in [9.17, 15) is 0 Å². The number of hydrogen-bond acceptors (Lipinski definition) is 4. The fraction of sp³-hybridized carbons (Fsp3) is 0.429. The maximum atomic E-state index is 5.22. The Balaban J connectivity index is 1.78. The molecule has 4 nitrogen and oxygen atoms in total. The van der Waals surface area contributed by atoms with Crippen molar-refractivity contribution in [2.75, 3.05) is 6.54 Å². The average molecular weight is 322 g/mol. The minimum absolute atomic E-state index is 0.449. The average Bonchev–Trinajstić information content (AvgIpc) is 2.99.